The van der Waals surface area contributed by atoms with Gasteiger partial charge in [0.25, 0.3) is 5.91 Å². The number of hydrogen-bond donors (Lipinski definition) is 0. The van der Waals surface area contributed by atoms with Crippen LogP contribution in [0.2, 0.25) is 0 Å². The summed E-state index contributed by atoms with van der Waals surface area (Å²) in [6.45, 7) is 0. The molecule has 0 aliphatic rings. The summed E-state index contributed by atoms with van der Waals surface area (Å²) < 4.78 is 55.8. The maximum absolute atomic E-state index is 13.8. The van der Waals surface area contributed by atoms with Crippen LogP contribution in [0.3, 0.4) is 0 Å². The molecule has 0 bridgehead atoms. The highest BCUT2D eigenvalue weighted by Crippen LogP contribution is 2.38. The number of benzene rings is 3. The van der Waals surface area contributed by atoms with Crippen LogP contribution in [0.5, 0.6) is 17.2 Å². The Morgan fingerprint density at radius 2 is 1.71 bits per heavy atom. The Morgan fingerprint density at radius 1 is 1.03 bits per heavy atom. The molecule has 0 radical (unpaired) electrons. The largest absolute Gasteiger partial charge is 0.493 e. The van der Waals surface area contributed by atoms with E-state index in [2.05, 4.69) is 10.1 Å². The van der Waals surface area contributed by atoms with E-state index in [0.717, 1.165) is 16.3 Å². The number of rotatable bonds is 10. The first-order valence-corrected chi connectivity index (χ1v) is 13.7. The van der Waals surface area contributed by atoms with Crippen molar-refractivity contribution in [2.24, 2.45) is 5.10 Å². The maximum atomic E-state index is 13.8. The minimum Gasteiger partial charge on any atom is -0.493 e. The third kappa shape index (κ3) is 5.92. The molecule has 0 fully saturated rings. The summed E-state index contributed by atoms with van der Waals surface area (Å²) in [6.07, 6.45) is 1.04. The molecule has 0 atom stereocenters. The fourth-order valence-electron chi connectivity index (χ4n) is 3.57. The predicted octanol–water partition coefficient (Wildman–Crippen LogP) is 4.69. The van der Waals surface area contributed by atoms with E-state index in [9.17, 15) is 17.6 Å². The van der Waals surface area contributed by atoms with Crippen LogP contribution in [0.4, 0.5) is 9.52 Å². The van der Waals surface area contributed by atoms with Crippen molar-refractivity contribution in [3.63, 3.8) is 0 Å². The van der Waals surface area contributed by atoms with Crippen LogP contribution in [-0.2, 0) is 14.6 Å². The number of nitrogens with zero attached hydrogens (tertiary/aromatic N) is 3. The van der Waals surface area contributed by atoms with Crippen molar-refractivity contribution in [2.75, 3.05) is 32.1 Å². The molecule has 1 aromatic heterocycles. The molecule has 12 heteroatoms. The number of fused-ring (bicyclic) bond motifs is 1. The van der Waals surface area contributed by atoms with E-state index in [4.69, 9.17) is 14.2 Å². The highest BCUT2D eigenvalue weighted by atomic mass is 32.2. The molecule has 9 nitrogen and oxygen atoms in total. The molecule has 1 heterocycles. The number of methoxy groups -OCH3 is 3. The molecular weight excluding hydrogens is 533 g/mol. The molecule has 0 N–H and O–H groups in total. The fourth-order valence-corrected chi connectivity index (χ4v) is 5.79. The molecule has 0 saturated heterocycles. The number of carbonyl (C=O) groups is 1. The van der Waals surface area contributed by atoms with Gasteiger partial charge in [-0.25, -0.2) is 17.8 Å². The SMILES string of the molecule is COc1cc(/C=N/N(C(=O)CCS(=O)(=O)c2ccccc2)c2nc3ccc(F)cc3s2)cc(OC)c1OC. The predicted molar refractivity (Wildman–Crippen MR) is 144 cm³/mol. The van der Waals surface area contributed by atoms with Crippen molar-refractivity contribution in [3.05, 3.63) is 72.0 Å². The lowest BCUT2D eigenvalue weighted by Crippen LogP contribution is -2.27. The van der Waals surface area contributed by atoms with Crippen LogP contribution in [-0.4, -0.2) is 52.6 Å². The summed E-state index contributed by atoms with van der Waals surface area (Å²) in [5.74, 6) is -0.315. The summed E-state index contributed by atoms with van der Waals surface area (Å²) in [7, 11) is 0.720. The van der Waals surface area contributed by atoms with Gasteiger partial charge in [0, 0.05) is 12.0 Å². The van der Waals surface area contributed by atoms with Gasteiger partial charge in [0.15, 0.2) is 21.3 Å². The quantitative estimate of drug-likeness (QED) is 0.206. The Kier molecular flexibility index (Phi) is 8.23. The number of hydrazone groups is 1. The van der Waals surface area contributed by atoms with Gasteiger partial charge in [-0.2, -0.15) is 10.1 Å². The first kappa shape index (κ1) is 27.0. The molecule has 0 aliphatic heterocycles. The molecule has 0 aliphatic carbocycles. The summed E-state index contributed by atoms with van der Waals surface area (Å²) in [5, 5.41) is 5.51. The lowest BCUT2D eigenvalue weighted by atomic mass is 10.2. The van der Waals surface area contributed by atoms with Gasteiger partial charge in [-0.05, 0) is 42.5 Å². The molecule has 3 aromatic carbocycles. The second kappa shape index (κ2) is 11.6. The molecule has 0 spiro atoms. The van der Waals surface area contributed by atoms with E-state index in [1.807, 2.05) is 0 Å². The van der Waals surface area contributed by atoms with Crippen molar-refractivity contribution in [1.29, 1.82) is 0 Å². The number of carbonyl (C=O) groups excluding carboxylic acids is 1. The van der Waals surface area contributed by atoms with Crippen LogP contribution in [0.1, 0.15) is 12.0 Å². The lowest BCUT2D eigenvalue weighted by molar-refractivity contribution is -0.118. The topological polar surface area (TPSA) is 107 Å². The van der Waals surface area contributed by atoms with Crippen LogP contribution in [0.25, 0.3) is 10.2 Å². The number of anilines is 1. The number of ether oxygens (including phenoxy) is 3. The lowest BCUT2D eigenvalue weighted by Gasteiger charge is -2.15. The van der Waals surface area contributed by atoms with Crippen molar-refractivity contribution < 1.29 is 31.8 Å². The first-order chi connectivity index (χ1) is 18.2. The van der Waals surface area contributed by atoms with Crippen LogP contribution in [0.15, 0.2) is 70.7 Å². The second-order valence-electron chi connectivity index (χ2n) is 7.90. The third-order valence-electron chi connectivity index (χ3n) is 5.45. The van der Waals surface area contributed by atoms with Gasteiger partial charge in [-0.1, -0.05) is 29.5 Å². The van der Waals surface area contributed by atoms with E-state index in [-0.39, 0.29) is 16.4 Å². The zero-order chi connectivity index (χ0) is 27.3. The molecule has 1 amide bonds. The zero-order valence-corrected chi connectivity index (χ0v) is 22.4. The number of thiazole rings is 1. The van der Waals surface area contributed by atoms with Gasteiger partial charge < -0.3 is 14.2 Å². The summed E-state index contributed by atoms with van der Waals surface area (Å²) in [5.41, 5.74) is 0.991. The number of sulfone groups is 1. The van der Waals surface area contributed by atoms with Crippen LogP contribution >= 0.6 is 11.3 Å². The second-order valence-corrected chi connectivity index (χ2v) is 11.0. The average Bonchev–Trinajstić information content (AvgIpc) is 3.34. The normalized spacial score (nSPS) is 11.6. The first-order valence-electron chi connectivity index (χ1n) is 11.3. The fraction of sp³-hybridized carbons (Fsp3) is 0.192. The van der Waals surface area contributed by atoms with Crippen LogP contribution in [0, 0.1) is 5.82 Å². The highest BCUT2D eigenvalue weighted by molar-refractivity contribution is 7.91. The molecule has 0 saturated carbocycles. The van der Waals surface area contributed by atoms with E-state index in [1.165, 1.54) is 57.9 Å². The van der Waals surface area contributed by atoms with Crippen molar-refractivity contribution in [2.45, 2.75) is 11.3 Å². The summed E-state index contributed by atoms with van der Waals surface area (Å²) in [4.78, 5) is 17.8. The van der Waals surface area contributed by atoms with Crippen molar-refractivity contribution in [1.82, 2.24) is 4.98 Å². The Hall–Kier alpha value is -4.03. The Bertz CT molecular complexity index is 1560. The Labute approximate surface area is 223 Å². The van der Waals surface area contributed by atoms with Gasteiger partial charge in [0.05, 0.1) is 48.4 Å². The zero-order valence-electron chi connectivity index (χ0n) is 20.8. The molecule has 4 aromatic rings. The minimum atomic E-state index is -3.71. The van der Waals surface area contributed by atoms with E-state index < -0.39 is 27.3 Å². The van der Waals surface area contributed by atoms with Gasteiger partial charge in [-0.3, -0.25) is 4.79 Å². The molecule has 4 rings (SSSR count). The van der Waals surface area contributed by atoms with Gasteiger partial charge in [-0.15, -0.1) is 0 Å². The average molecular weight is 558 g/mol. The van der Waals surface area contributed by atoms with E-state index in [1.54, 1.807) is 30.3 Å². The smallest absolute Gasteiger partial charge is 0.250 e. The Balaban J connectivity index is 1.68. The van der Waals surface area contributed by atoms with Gasteiger partial charge >= 0.3 is 0 Å². The monoisotopic (exact) mass is 557 g/mol. The van der Waals surface area contributed by atoms with Gasteiger partial charge in [0.1, 0.15) is 5.82 Å². The summed E-state index contributed by atoms with van der Waals surface area (Å²) in [6, 6.07) is 15.2. The number of aromatic nitrogens is 1. The van der Waals surface area contributed by atoms with Crippen molar-refractivity contribution in [3.8, 4) is 17.2 Å². The van der Waals surface area contributed by atoms with Gasteiger partial charge in [0.2, 0.25) is 10.9 Å². The number of hydrogen-bond acceptors (Lipinski definition) is 9. The standard InChI is InChI=1S/C26H24FN3O6S2/c1-34-21-13-17(14-22(35-2)25(21)36-3)16-28-30(26-29-20-10-9-18(27)15-23(20)37-26)24(31)11-12-38(32,33)19-7-5-4-6-8-19/h4-10,13-16H,11-12H2,1-3H3/b28-16+. The number of amides is 1. The summed E-state index contributed by atoms with van der Waals surface area (Å²) >= 11 is 1.06. The molecule has 198 valence electrons. The van der Waals surface area contributed by atoms with E-state index in [0.29, 0.717) is 33.0 Å². The van der Waals surface area contributed by atoms with Crippen LogP contribution < -0.4 is 19.2 Å². The minimum absolute atomic E-state index is 0.121. The highest BCUT2D eigenvalue weighted by Gasteiger charge is 2.23. The van der Waals surface area contributed by atoms with Crippen molar-refractivity contribution >= 4 is 48.6 Å². The molecule has 0 unspecified atom stereocenters. The number of halogens is 1. The molecular formula is C26H24FN3O6S2. The van der Waals surface area contributed by atoms with E-state index >= 15 is 0 Å². The Morgan fingerprint density at radius 3 is 2.34 bits per heavy atom. The molecule has 38 heavy (non-hydrogen) atoms. The maximum Gasteiger partial charge on any atom is 0.250 e. The third-order valence-corrected chi connectivity index (χ3v) is 8.18.